The van der Waals surface area contributed by atoms with Gasteiger partial charge in [-0.05, 0) is 73.8 Å². The van der Waals surface area contributed by atoms with E-state index in [-0.39, 0.29) is 33.6 Å². The molecule has 0 saturated heterocycles. The Morgan fingerprint density at radius 1 is 0.967 bits per heavy atom. The molecule has 30 heavy (non-hydrogen) atoms. The molecule has 5 heteroatoms. The number of hydrogen-bond acceptors (Lipinski definition) is 4. The molecule has 2 aromatic rings. The van der Waals surface area contributed by atoms with Gasteiger partial charge in [0.05, 0.1) is 12.7 Å². The molecular formula is C25H26O4S. The second-order valence-electron chi connectivity index (χ2n) is 9.45. The molecular weight excluding hydrogens is 396 g/mol. The fourth-order valence-corrected chi connectivity index (χ4v) is 6.98. The van der Waals surface area contributed by atoms with Gasteiger partial charge in [-0.25, -0.2) is 0 Å². The first-order valence-electron chi connectivity index (χ1n) is 10.7. The number of hydrogen-bond donors (Lipinski definition) is 2. The fraction of sp³-hybridized carbons (Fsp3) is 0.440. The van der Waals surface area contributed by atoms with Gasteiger partial charge in [-0.3, -0.25) is 9.59 Å². The van der Waals surface area contributed by atoms with E-state index in [1.165, 1.54) is 19.3 Å². The van der Waals surface area contributed by atoms with E-state index >= 15 is 0 Å². The van der Waals surface area contributed by atoms with E-state index in [4.69, 9.17) is 4.74 Å². The van der Waals surface area contributed by atoms with Crippen LogP contribution in [0.4, 0.5) is 0 Å². The molecule has 0 aliphatic heterocycles. The molecule has 4 aliphatic rings. The first-order valence-corrected chi connectivity index (χ1v) is 11.1. The van der Waals surface area contributed by atoms with Gasteiger partial charge < -0.3 is 9.84 Å². The maximum absolute atomic E-state index is 13.4. The Morgan fingerprint density at radius 3 is 2.07 bits per heavy atom. The summed E-state index contributed by atoms with van der Waals surface area (Å²) < 4.78 is 5.68. The Hall–Kier alpha value is -2.27. The van der Waals surface area contributed by atoms with E-state index in [2.05, 4.69) is 12.6 Å². The maximum atomic E-state index is 13.4. The molecule has 0 radical (unpaired) electrons. The van der Waals surface area contributed by atoms with Crippen LogP contribution < -0.4 is 4.74 Å². The average molecular weight is 423 g/mol. The summed E-state index contributed by atoms with van der Waals surface area (Å²) >= 11 is 3.91. The summed E-state index contributed by atoms with van der Waals surface area (Å²) in [6.07, 6.45) is 7.34. The van der Waals surface area contributed by atoms with Crippen LogP contribution in [0.5, 0.6) is 11.5 Å². The molecule has 0 unspecified atom stereocenters. The lowest BCUT2D eigenvalue weighted by Crippen LogP contribution is -2.48. The van der Waals surface area contributed by atoms with Crippen molar-refractivity contribution in [1.29, 1.82) is 0 Å². The summed E-state index contributed by atoms with van der Waals surface area (Å²) in [6.45, 7) is 0. The topological polar surface area (TPSA) is 63.6 Å². The minimum atomic E-state index is -0.465. The van der Waals surface area contributed by atoms with Crippen LogP contribution in [0.15, 0.2) is 36.4 Å². The van der Waals surface area contributed by atoms with Crippen LogP contribution in [0.1, 0.15) is 70.4 Å². The summed E-state index contributed by atoms with van der Waals surface area (Å²) in [4.78, 5) is 25.3. The first kappa shape index (κ1) is 19.7. The van der Waals surface area contributed by atoms with E-state index in [1.807, 2.05) is 6.07 Å². The summed E-state index contributed by atoms with van der Waals surface area (Å²) in [5.41, 5.74) is 1.79. The van der Waals surface area contributed by atoms with Gasteiger partial charge in [-0.1, -0.05) is 18.2 Å². The monoisotopic (exact) mass is 422 g/mol. The highest BCUT2D eigenvalue weighted by Crippen LogP contribution is 2.62. The number of benzene rings is 2. The largest absolute Gasteiger partial charge is 0.507 e. The van der Waals surface area contributed by atoms with Gasteiger partial charge in [0, 0.05) is 22.8 Å². The molecule has 4 aliphatic carbocycles. The second kappa shape index (κ2) is 7.16. The molecule has 156 valence electrons. The maximum Gasteiger partial charge on any atom is 0.217 e. The van der Waals surface area contributed by atoms with E-state index in [1.54, 1.807) is 37.4 Å². The lowest BCUT2D eigenvalue weighted by molar-refractivity contribution is -0.00619. The van der Waals surface area contributed by atoms with Crippen LogP contribution in [0.3, 0.4) is 0 Å². The molecule has 4 bridgehead atoms. The second-order valence-corrected chi connectivity index (χ2v) is 9.85. The van der Waals surface area contributed by atoms with Crippen molar-refractivity contribution in [2.45, 2.75) is 43.9 Å². The minimum Gasteiger partial charge on any atom is -0.507 e. The van der Waals surface area contributed by atoms with Crippen LogP contribution in [0.25, 0.3) is 0 Å². The third-order valence-corrected chi connectivity index (χ3v) is 7.82. The van der Waals surface area contributed by atoms with Gasteiger partial charge in [0.25, 0.3) is 0 Å². The minimum absolute atomic E-state index is 0.0156. The van der Waals surface area contributed by atoms with Gasteiger partial charge in [0.2, 0.25) is 5.12 Å². The molecule has 6 rings (SSSR count). The molecule has 0 amide bonds. The summed E-state index contributed by atoms with van der Waals surface area (Å²) in [5.74, 6) is 2.42. The predicted molar refractivity (Wildman–Crippen MR) is 118 cm³/mol. The molecule has 1 N–H and O–H groups in total. The number of methoxy groups -OCH3 is 1. The molecule has 0 spiro atoms. The average Bonchev–Trinajstić information content (AvgIpc) is 2.71. The highest BCUT2D eigenvalue weighted by Gasteiger charge is 2.52. The number of phenolic OH excluding ortho intramolecular Hbond substituents is 1. The van der Waals surface area contributed by atoms with E-state index in [0.29, 0.717) is 5.75 Å². The Labute approximate surface area is 182 Å². The van der Waals surface area contributed by atoms with Crippen LogP contribution in [-0.4, -0.2) is 23.1 Å². The number of rotatable bonds is 5. The van der Waals surface area contributed by atoms with Crippen molar-refractivity contribution in [3.63, 3.8) is 0 Å². The van der Waals surface area contributed by atoms with E-state index in [0.717, 1.165) is 42.6 Å². The van der Waals surface area contributed by atoms with Crippen LogP contribution in [0.2, 0.25) is 0 Å². The Balaban J connectivity index is 1.62. The summed E-state index contributed by atoms with van der Waals surface area (Å²) in [6, 6.07) is 10.0. The molecule has 0 aromatic heterocycles. The molecule has 2 aromatic carbocycles. The van der Waals surface area contributed by atoms with E-state index < -0.39 is 5.12 Å². The highest BCUT2D eigenvalue weighted by molar-refractivity contribution is 7.97. The number of ether oxygens (including phenoxy) is 1. The predicted octanol–water partition coefficient (Wildman–Crippen LogP) is 5.17. The lowest BCUT2D eigenvalue weighted by Gasteiger charge is -2.57. The van der Waals surface area contributed by atoms with Gasteiger partial charge in [0.15, 0.2) is 5.78 Å². The quantitative estimate of drug-likeness (QED) is 0.515. The summed E-state index contributed by atoms with van der Waals surface area (Å²) in [5, 5.41) is 10.2. The first-order chi connectivity index (χ1) is 14.4. The zero-order valence-corrected chi connectivity index (χ0v) is 18.0. The normalized spacial score (nSPS) is 29.1. The fourth-order valence-electron chi connectivity index (χ4n) is 6.79. The van der Waals surface area contributed by atoms with Crippen LogP contribution in [0, 0.1) is 17.8 Å². The van der Waals surface area contributed by atoms with Crippen molar-refractivity contribution in [1.82, 2.24) is 0 Å². The number of carbonyl (C=O) groups excluding carboxylic acids is 2. The van der Waals surface area contributed by atoms with E-state index in [9.17, 15) is 14.7 Å². The van der Waals surface area contributed by atoms with Crippen molar-refractivity contribution in [2.75, 3.05) is 7.11 Å². The van der Waals surface area contributed by atoms with Gasteiger partial charge in [-0.15, -0.1) is 12.6 Å². The summed E-state index contributed by atoms with van der Waals surface area (Å²) in [7, 11) is 1.62. The Morgan fingerprint density at radius 2 is 1.53 bits per heavy atom. The highest BCUT2D eigenvalue weighted by atomic mass is 32.1. The zero-order chi connectivity index (χ0) is 21.0. The number of ketones is 1. The van der Waals surface area contributed by atoms with Crippen molar-refractivity contribution in [2.24, 2.45) is 17.8 Å². The molecule has 0 atom stereocenters. The van der Waals surface area contributed by atoms with Crippen LogP contribution in [-0.2, 0) is 5.41 Å². The van der Waals surface area contributed by atoms with Crippen LogP contribution >= 0.6 is 12.6 Å². The Kier molecular flexibility index (Phi) is 4.69. The lowest BCUT2D eigenvalue weighted by atomic mass is 9.48. The molecule has 0 heterocycles. The molecule has 4 nitrogen and oxygen atoms in total. The number of phenols is 1. The SMILES string of the molecule is COc1cc(O)c(C(=O)c2ccccc2C(=O)S)cc1C12CC3CC(CC(C3)C1)C2. The standard InChI is InChI=1S/C25H26O4S/c1-29-22-10-21(26)19(23(27)17-4-2-3-5-18(17)24(28)30)9-20(22)25-11-14-6-15(12-25)8-16(7-14)13-25/h2-5,9-10,14-16,26H,6-8,11-13H2,1H3,(H,28,30). The molecule has 4 saturated carbocycles. The smallest absolute Gasteiger partial charge is 0.217 e. The third-order valence-electron chi connectivity index (χ3n) is 7.57. The number of aromatic hydroxyl groups is 1. The van der Waals surface area contributed by atoms with Gasteiger partial charge in [-0.2, -0.15) is 0 Å². The third kappa shape index (κ3) is 3.06. The number of carbonyl (C=O) groups is 2. The van der Waals surface area contributed by atoms with Gasteiger partial charge >= 0.3 is 0 Å². The van der Waals surface area contributed by atoms with Crippen molar-refractivity contribution < 1.29 is 19.4 Å². The number of thiol groups is 1. The zero-order valence-electron chi connectivity index (χ0n) is 17.1. The van der Waals surface area contributed by atoms with Crippen molar-refractivity contribution in [3.05, 3.63) is 58.7 Å². The Bertz CT molecular complexity index is 1010. The van der Waals surface area contributed by atoms with Crippen molar-refractivity contribution in [3.8, 4) is 11.5 Å². The molecule has 4 fully saturated rings. The van der Waals surface area contributed by atoms with Gasteiger partial charge in [0.1, 0.15) is 11.5 Å². The van der Waals surface area contributed by atoms with Crippen molar-refractivity contribution >= 4 is 23.5 Å².